The summed E-state index contributed by atoms with van der Waals surface area (Å²) < 4.78 is 19.1. The molecule has 33 heavy (non-hydrogen) atoms. The van der Waals surface area contributed by atoms with Gasteiger partial charge < -0.3 is 20.4 Å². The van der Waals surface area contributed by atoms with Crippen molar-refractivity contribution in [3.63, 3.8) is 0 Å². The van der Waals surface area contributed by atoms with E-state index in [0.29, 0.717) is 22.3 Å². The first-order valence-corrected chi connectivity index (χ1v) is 10.5. The molecule has 0 unspecified atom stereocenters. The fourth-order valence-electron chi connectivity index (χ4n) is 3.65. The van der Waals surface area contributed by atoms with Crippen LogP contribution in [0.4, 0.5) is 14.9 Å². The fourth-order valence-corrected chi connectivity index (χ4v) is 3.65. The Labute approximate surface area is 190 Å². The van der Waals surface area contributed by atoms with Crippen molar-refractivity contribution in [2.45, 2.75) is 19.4 Å². The van der Waals surface area contributed by atoms with E-state index in [1.165, 1.54) is 12.1 Å². The van der Waals surface area contributed by atoms with Gasteiger partial charge in [-0.25, -0.2) is 9.18 Å². The lowest BCUT2D eigenvalue weighted by Crippen LogP contribution is -2.34. The molecule has 2 aromatic carbocycles. The van der Waals surface area contributed by atoms with Crippen molar-refractivity contribution in [2.24, 2.45) is 0 Å². The molecule has 0 spiro atoms. The summed E-state index contributed by atoms with van der Waals surface area (Å²) in [5, 5.41) is 6.20. The predicted molar refractivity (Wildman–Crippen MR) is 124 cm³/mol. The topological polar surface area (TPSA) is 96.1 Å². The van der Waals surface area contributed by atoms with Gasteiger partial charge in [-0.2, -0.15) is 0 Å². The number of halogens is 1. The number of fused-ring (bicyclic) bond motifs is 1. The van der Waals surface area contributed by atoms with Gasteiger partial charge >= 0.3 is 12.0 Å². The van der Waals surface area contributed by atoms with Crippen LogP contribution in [0, 0.1) is 5.82 Å². The third-order valence-corrected chi connectivity index (χ3v) is 5.13. The molecule has 7 nitrogen and oxygen atoms in total. The molecule has 3 N–H and O–H groups in total. The molecule has 8 heteroatoms. The number of amides is 2. The van der Waals surface area contributed by atoms with Crippen LogP contribution in [-0.4, -0.2) is 28.6 Å². The monoisotopic (exact) mass is 446 g/mol. The Bertz CT molecular complexity index is 1260. The SMILES string of the molecule is CCOC(=O)C[C@H](NC(=O)Nc1c(-c2cccnc2)[nH]c2ccc(F)cc12)c1ccccc1. The van der Waals surface area contributed by atoms with Crippen LogP contribution in [0.3, 0.4) is 0 Å². The number of hydrogen-bond acceptors (Lipinski definition) is 4. The number of carbonyl (C=O) groups is 2. The lowest BCUT2D eigenvalue weighted by Gasteiger charge is -2.19. The second-order valence-electron chi connectivity index (χ2n) is 7.38. The van der Waals surface area contributed by atoms with E-state index in [1.807, 2.05) is 36.4 Å². The molecule has 2 heterocycles. The van der Waals surface area contributed by atoms with Crippen molar-refractivity contribution in [3.8, 4) is 11.3 Å². The number of nitrogens with one attached hydrogen (secondary N) is 3. The van der Waals surface area contributed by atoms with Crippen LogP contribution in [0.1, 0.15) is 24.9 Å². The summed E-state index contributed by atoms with van der Waals surface area (Å²) in [6, 6.07) is 15.9. The molecule has 0 saturated heterocycles. The van der Waals surface area contributed by atoms with E-state index in [1.54, 1.807) is 31.5 Å². The Morgan fingerprint density at radius 1 is 1.12 bits per heavy atom. The van der Waals surface area contributed by atoms with E-state index < -0.39 is 23.9 Å². The summed E-state index contributed by atoms with van der Waals surface area (Å²) in [5.41, 5.74) is 3.17. The Hall–Kier alpha value is -4.20. The van der Waals surface area contributed by atoms with Crippen LogP contribution < -0.4 is 10.6 Å². The number of pyridine rings is 1. The van der Waals surface area contributed by atoms with Crippen LogP contribution in [0.2, 0.25) is 0 Å². The van der Waals surface area contributed by atoms with Crippen molar-refractivity contribution in [3.05, 3.63) is 84.4 Å². The zero-order valence-electron chi connectivity index (χ0n) is 18.0. The molecule has 0 bridgehead atoms. The maximum atomic E-state index is 14.0. The van der Waals surface area contributed by atoms with Crippen molar-refractivity contribution in [2.75, 3.05) is 11.9 Å². The molecule has 168 valence electrons. The summed E-state index contributed by atoms with van der Waals surface area (Å²) in [6.07, 6.45) is 3.27. The van der Waals surface area contributed by atoms with Gasteiger partial charge in [0.2, 0.25) is 0 Å². The largest absolute Gasteiger partial charge is 0.466 e. The van der Waals surface area contributed by atoms with Gasteiger partial charge in [-0.3, -0.25) is 9.78 Å². The van der Waals surface area contributed by atoms with Crippen molar-refractivity contribution < 1.29 is 18.7 Å². The zero-order chi connectivity index (χ0) is 23.2. The average molecular weight is 446 g/mol. The van der Waals surface area contributed by atoms with E-state index >= 15 is 0 Å². The molecule has 0 aliphatic heterocycles. The third-order valence-electron chi connectivity index (χ3n) is 5.13. The molecule has 2 aromatic heterocycles. The van der Waals surface area contributed by atoms with Gasteiger partial charge in [0.1, 0.15) is 5.82 Å². The maximum Gasteiger partial charge on any atom is 0.319 e. The third kappa shape index (κ3) is 5.17. The van der Waals surface area contributed by atoms with Crippen molar-refractivity contribution >= 4 is 28.6 Å². The molecule has 0 saturated carbocycles. The summed E-state index contributed by atoms with van der Waals surface area (Å²) in [5.74, 6) is -0.843. The van der Waals surface area contributed by atoms with Crippen molar-refractivity contribution in [1.29, 1.82) is 0 Å². The lowest BCUT2D eigenvalue weighted by molar-refractivity contribution is -0.143. The van der Waals surface area contributed by atoms with E-state index in [0.717, 1.165) is 11.1 Å². The second kappa shape index (κ2) is 9.95. The van der Waals surface area contributed by atoms with Gasteiger partial charge in [0, 0.05) is 28.9 Å². The van der Waals surface area contributed by atoms with Crippen LogP contribution in [0.5, 0.6) is 0 Å². The standard InChI is InChI=1S/C25H23FN4O3/c1-2-33-22(31)14-21(16-7-4-3-5-8-16)29-25(32)30-24-19-13-18(26)10-11-20(19)28-23(24)17-9-6-12-27-15-17/h3-13,15,21,28H,2,14H2,1H3,(H2,29,30,32)/t21-/m0/s1. The molecule has 0 fully saturated rings. The number of ether oxygens (including phenoxy) is 1. The molecular weight excluding hydrogens is 423 g/mol. The highest BCUT2D eigenvalue weighted by atomic mass is 19.1. The molecule has 0 aliphatic rings. The molecule has 1 atom stereocenters. The minimum atomic E-state index is -0.603. The highest BCUT2D eigenvalue weighted by Crippen LogP contribution is 2.35. The minimum absolute atomic E-state index is 0.0246. The van der Waals surface area contributed by atoms with Crippen LogP contribution in [0.25, 0.3) is 22.2 Å². The van der Waals surface area contributed by atoms with Gasteiger partial charge in [0.25, 0.3) is 0 Å². The maximum absolute atomic E-state index is 14.0. The molecule has 0 radical (unpaired) electrons. The van der Waals surface area contributed by atoms with E-state index in [-0.39, 0.29) is 13.0 Å². The second-order valence-corrected chi connectivity index (χ2v) is 7.38. The summed E-state index contributed by atoms with van der Waals surface area (Å²) in [6.45, 7) is 1.98. The van der Waals surface area contributed by atoms with E-state index in [9.17, 15) is 14.0 Å². The number of rotatable bonds is 7. The van der Waals surface area contributed by atoms with Gasteiger partial charge in [-0.1, -0.05) is 30.3 Å². The first-order valence-electron chi connectivity index (χ1n) is 10.5. The Kier molecular flexibility index (Phi) is 6.64. The number of aromatic nitrogens is 2. The molecule has 2 amide bonds. The Balaban J connectivity index is 1.64. The van der Waals surface area contributed by atoms with Gasteiger partial charge in [-0.05, 0) is 42.8 Å². The number of benzene rings is 2. The first-order chi connectivity index (χ1) is 16.0. The number of urea groups is 1. The van der Waals surface area contributed by atoms with Crippen molar-refractivity contribution in [1.82, 2.24) is 15.3 Å². The highest BCUT2D eigenvalue weighted by Gasteiger charge is 2.21. The minimum Gasteiger partial charge on any atom is -0.466 e. The Morgan fingerprint density at radius 2 is 1.94 bits per heavy atom. The Morgan fingerprint density at radius 3 is 2.67 bits per heavy atom. The zero-order valence-corrected chi connectivity index (χ0v) is 18.0. The average Bonchev–Trinajstić information content (AvgIpc) is 3.17. The quantitative estimate of drug-likeness (QED) is 0.341. The highest BCUT2D eigenvalue weighted by molar-refractivity contribution is 6.07. The first kappa shape index (κ1) is 22.0. The lowest BCUT2D eigenvalue weighted by atomic mass is 10.0. The summed E-state index contributed by atoms with van der Waals surface area (Å²) >= 11 is 0. The fraction of sp³-hybridized carbons (Fsp3) is 0.160. The molecular formula is C25H23FN4O3. The van der Waals surface area contributed by atoms with Gasteiger partial charge in [0.05, 0.1) is 30.5 Å². The summed E-state index contributed by atoms with van der Waals surface area (Å²) in [7, 11) is 0. The smallest absolute Gasteiger partial charge is 0.319 e. The molecule has 4 aromatic rings. The number of carbonyl (C=O) groups excluding carboxylic acids is 2. The summed E-state index contributed by atoms with van der Waals surface area (Å²) in [4.78, 5) is 32.5. The predicted octanol–water partition coefficient (Wildman–Crippen LogP) is 5.19. The normalized spacial score (nSPS) is 11.7. The van der Waals surface area contributed by atoms with Gasteiger partial charge in [-0.15, -0.1) is 0 Å². The van der Waals surface area contributed by atoms with E-state index in [4.69, 9.17) is 4.74 Å². The molecule has 4 rings (SSSR count). The number of hydrogen-bond donors (Lipinski definition) is 3. The number of aromatic amines is 1. The van der Waals surface area contributed by atoms with E-state index in [2.05, 4.69) is 20.6 Å². The van der Waals surface area contributed by atoms with Crippen LogP contribution >= 0.6 is 0 Å². The van der Waals surface area contributed by atoms with Gasteiger partial charge in [0.15, 0.2) is 0 Å². The van der Waals surface area contributed by atoms with Crippen LogP contribution in [-0.2, 0) is 9.53 Å². The molecule has 0 aliphatic carbocycles. The van der Waals surface area contributed by atoms with Crippen LogP contribution in [0.15, 0.2) is 73.1 Å². The number of H-pyrrole nitrogens is 1. The number of nitrogens with zero attached hydrogens (tertiary/aromatic N) is 1. The number of anilines is 1. The number of esters is 1.